The summed E-state index contributed by atoms with van der Waals surface area (Å²) in [4.78, 5) is 20.1. The average Bonchev–Trinajstić information content (AvgIpc) is 3.17. The minimum absolute atomic E-state index is 0.0166. The molecule has 0 saturated carbocycles. The normalized spacial score (nSPS) is 17.0. The Labute approximate surface area is 172 Å². The molecule has 148 valence electrons. The molecule has 2 aromatic rings. The van der Waals surface area contributed by atoms with Gasteiger partial charge in [0, 0.05) is 23.8 Å². The van der Waals surface area contributed by atoms with Crippen LogP contribution in [0.15, 0.2) is 40.7 Å². The van der Waals surface area contributed by atoms with Crippen molar-refractivity contribution in [3.8, 4) is 11.8 Å². The quantitative estimate of drug-likeness (QED) is 0.538. The highest BCUT2D eigenvalue weighted by Gasteiger charge is 2.31. The van der Waals surface area contributed by atoms with Crippen LogP contribution in [0.4, 0.5) is 9.93 Å². The van der Waals surface area contributed by atoms with Gasteiger partial charge in [0.15, 0.2) is 9.34 Å². The van der Waals surface area contributed by atoms with Crippen LogP contribution in [0, 0.1) is 11.8 Å². The lowest BCUT2D eigenvalue weighted by atomic mass is 10.2. The number of carbonyl (C=O) groups excluding carboxylic acids is 1. The molecule has 1 aromatic carbocycles. The molecule has 0 bridgehead atoms. The SMILES string of the molecule is CC#C[C@H]1CN(C(=O)OCc2ccccc2)CCN1c1ncc(S(=O)(=O)Cl)s1. The van der Waals surface area contributed by atoms with Gasteiger partial charge in [-0.2, -0.15) is 0 Å². The molecule has 0 unspecified atom stereocenters. The summed E-state index contributed by atoms with van der Waals surface area (Å²) in [6.45, 7) is 3.11. The molecule has 1 atom stereocenters. The molecule has 7 nitrogen and oxygen atoms in total. The average molecular weight is 440 g/mol. The third-order valence-corrected chi connectivity index (χ3v) is 7.21. The first-order valence-electron chi connectivity index (χ1n) is 8.43. The van der Waals surface area contributed by atoms with Gasteiger partial charge in [0.1, 0.15) is 12.6 Å². The number of rotatable bonds is 4. The smallest absolute Gasteiger partial charge is 0.410 e. The van der Waals surface area contributed by atoms with Gasteiger partial charge in [-0.25, -0.2) is 18.2 Å². The summed E-state index contributed by atoms with van der Waals surface area (Å²) in [7, 11) is 1.56. The second-order valence-electron chi connectivity index (χ2n) is 5.99. The van der Waals surface area contributed by atoms with Crippen molar-refractivity contribution in [2.24, 2.45) is 0 Å². The van der Waals surface area contributed by atoms with E-state index in [1.54, 1.807) is 11.8 Å². The summed E-state index contributed by atoms with van der Waals surface area (Å²) in [6, 6.07) is 9.14. The molecule has 2 heterocycles. The van der Waals surface area contributed by atoms with Gasteiger partial charge in [-0.15, -0.1) is 5.92 Å². The van der Waals surface area contributed by atoms with Crippen molar-refractivity contribution in [3.05, 3.63) is 42.1 Å². The van der Waals surface area contributed by atoms with Crippen LogP contribution in [-0.4, -0.2) is 50.1 Å². The molecule has 3 rings (SSSR count). The Kier molecular flexibility index (Phi) is 6.44. The molecule has 1 saturated heterocycles. The number of halogens is 1. The minimum atomic E-state index is -3.83. The van der Waals surface area contributed by atoms with E-state index >= 15 is 0 Å². The zero-order chi connectivity index (χ0) is 20.1. The molecule has 1 aliphatic rings. The maximum atomic E-state index is 12.4. The second-order valence-corrected chi connectivity index (χ2v) is 9.79. The van der Waals surface area contributed by atoms with Crippen molar-refractivity contribution in [1.29, 1.82) is 0 Å². The molecule has 1 aliphatic heterocycles. The van der Waals surface area contributed by atoms with E-state index in [1.807, 2.05) is 35.2 Å². The van der Waals surface area contributed by atoms with Gasteiger partial charge in [0.2, 0.25) is 0 Å². The molecule has 28 heavy (non-hydrogen) atoms. The predicted octanol–water partition coefficient (Wildman–Crippen LogP) is 2.92. The lowest BCUT2D eigenvalue weighted by Crippen LogP contribution is -2.54. The Bertz CT molecular complexity index is 999. The van der Waals surface area contributed by atoms with E-state index in [0.29, 0.717) is 24.8 Å². The maximum Gasteiger partial charge on any atom is 0.410 e. The van der Waals surface area contributed by atoms with Gasteiger partial charge in [-0.1, -0.05) is 47.6 Å². The van der Waals surface area contributed by atoms with Crippen LogP contribution in [-0.2, 0) is 20.4 Å². The number of benzene rings is 1. The molecule has 0 aliphatic carbocycles. The molecule has 10 heteroatoms. The standard InChI is InChI=1S/C18H18ClN3O4S2/c1-2-6-15-12-21(18(23)26-13-14-7-4-3-5-8-14)9-10-22(15)17-20-11-16(27-17)28(19,24)25/h3-5,7-8,11,15H,9-10,12-13H2,1H3/t15-/m0/s1. The van der Waals surface area contributed by atoms with Crippen molar-refractivity contribution >= 4 is 42.3 Å². The fourth-order valence-electron chi connectivity index (χ4n) is 2.77. The van der Waals surface area contributed by atoms with E-state index in [2.05, 4.69) is 16.8 Å². The van der Waals surface area contributed by atoms with E-state index in [0.717, 1.165) is 16.9 Å². The number of piperazine rings is 1. The van der Waals surface area contributed by atoms with Gasteiger partial charge in [-0.3, -0.25) is 0 Å². The third kappa shape index (κ3) is 4.95. The Balaban J connectivity index is 1.67. The molecule has 0 radical (unpaired) electrons. The van der Waals surface area contributed by atoms with E-state index in [4.69, 9.17) is 15.4 Å². The second kappa shape index (κ2) is 8.82. The van der Waals surface area contributed by atoms with E-state index in [9.17, 15) is 13.2 Å². The summed E-state index contributed by atoms with van der Waals surface area (Å²) in [5.41, 5.74) is 0.914. The van der Waals surface area contributed by atoms with Crippen molar-refractivity contribution in [3.63, 3.8) is 0 Å². The lowest BCUT2D eigenvalue weighted by Gasteiger charge is -2.38. The van der Waals surface area contributed by atoms with E-state index < -0.39 is 15.1 Å². The Morgan fingerprint density at radius 3 is 2.75 bits per heavy atom. The monoisotopic (exact) mass is 439 g/mol. The van der Waals surface area contributed by atoms with Crippen LogP contribution >= 0.6 is 22.0 Å². The molecular weight excluding hydrogens is 422 g/mol. The number of nitrogens with zero attached hydrogens (tertiary/aromatic N) is 3. The zero-order valence-electron chi connectivity index (χ0n) is 15.0. The molecule has 1 amide bonds. The topological polar surface area (TPSA) is 79.8 Å². The number of thiazole rings is 1. The summed E-state index contributed by atoms with van der Waals surface area (Å²) in [5.74, 6) is 5.90. The Hall–Kier alpha value is -2.28. The van der Waals surface area contributed by atoms with Gasteiger partial charge >= 0.3 is 6.09 Å². The maximum absolute atomic E-state index is 12.4. The minimum Gasteiger partial charge on any atom is -0.445 e. The largest absolute Gasteiger partial charge is 0.445 e. The van der Waals surface area contributed by atoms with Crippen LogP contribution in [0.5, 0.6) is 0 Å². The number of anilines is 1. The fraction of sp³-hybridized carbons (Fsp3) is 0.333. The predicted molar refractivity (Wildman–Crippen MR) is 108 cm³/mol. The summed E-state index contributed by atoms with van der Waals surface area (Å²) < 4.78 is 28.4. The van der Waals surface area contributed by atoms with Gasteiger partial charge in [0.25, 0.3) is 9.05 Å². The highest BCUT2D eigenvalue weighted by atomic mass is 35.7. The van der Waals surface area contributed by atoms with Crippen LogP contribution in [0.3, 0.4) is 0 Å². The number of amides is 1. The molecule has 1 fully saturated rings. The van der Waals surface area contributed by atoms with Crippen molar-refractivity contribution in [2.45, 2.75) is 23.8 Å². The van der Waals surface area contributed by atoms with Crippen molar-refractivity contribution in [2.75, 3.05) is 24.5 Å². The van der Waals surface area contributed by atoms with Crippen LogP contribution in [0.1, 0.15) is 12.5 Å². The first-order valence-corrected chi connectivity index (χ1v) is 11.6. The fourth-order valence-corrected chi connectivity index (χ4v) is 4.70. The van der Waals surface area contributed by atoms with E-state index in [-0.39, 0.29) is 16.9 Å². The summed E-state index contributed by atoms with van der Waals surface area (Å²) in [6.07, 6.45) is 0.828. The highest BCUT2D eigenvalue weighted by molar-refractivity contribution is 8.15. The molecule has 0 N–H and O–H groups in total. The van der Waals surface area contributed by atoms with Crippen LogP contribution in [0.2, 0.25) is 0 Å². The van der Waals surface area contributed by atoms with Gasteiger partial charge in [0.05, 0.1) is 12.7 Å². The summed E-state index contributed by atoms with van der Waals surface area (Å²) >= 11 is 0.986. The molecule has 1 aromatic heterocycles. The highest BCUT2D eigenvalue weighted by Crippen LogP contribution is 2.30. The lowest BCUT2D eigenvalue weighted by molar-refractivity contribution is 0.0916. The number of hydrogen-bond acceptors (Lipinski definition) is 7. The zero-order valence-corrected chi connectivity index (χ0v) is 17.4. The van der Waals surface area contributed by atoms with Crippen molar-refractivity contribution < 1.29 is 17.9 Å². The number of hydrogen-bond donors (Lipinski definition) is 0. The van der Waals surface area contributed by atoms with Gasteiger partial charge in [-0.05, 0) is 12.5 Å². The Morgan fingerprint density at radius 2 is 2.11 bits per heavy atom. The van der Waals surface area contributed by atoms with Crippen LogP contribution in [0.25, 0.3) is 0 Å². The first kappa shape index (κ1) is 20.5. The number of ether oxygens (including phenoxy) is 1. The van der Waals surface area contributed by atoms with Crippen molar-refractivity contribution in [1.82, 2.24) is 9.88 Å². The van der Waals surface area contributed by atoms with Crippen LogP contribution < -0.4 is 4.90 Å². The third-order valence-electron chi connectivity index (χ3n) is 4.11. The number of aromatic nitrogens is 1. The molecular formula is C18H18ClN3O4S2. The first-order chi connectivity index (χ1) is 13.4. The number of carbonyl (C=O) groups is 1. The van der Waals surface area contributed by atoms with E-state index in [1.165, 1.54) is 6.20 Å². The summed E-state index contributed by atoms with van der Waals surface area (Å²) in [5, 5.41) is 0.504. The van der Waals surface area contributed by atoms with Gasteiger partial charge < -0.3 is 14.5 Å². The Morgan fingerprint density at radius 1 is 1.36 bits per heavy atom. The molecule has 0 spiro atoms.